The van der Waals surface area contributed by atoms with Gasteiger partial charge in [0, 0.05) is 16.1 Å². The number of allylic oxidation sites excluding steroid dienone is 1. The summed E-state index contributed by atoms with van der Waals surface area (Å²) in [6, 6.07) is 5.25. The van der Waals surface area contributed by atoms with Gasteiger partial charge in [-0.2, -0.15) is 0 Å². The number of benzene rings is 1. The third kappa shape index (κ3) is 4.24. The molecule has 0 amide bonds. The Morgan fingerprint density at radius 2 is 2.20 bits per heavy atom. The van der Waals surface area contributed by atoms with E-state index >= 15 is 0 Å². The van der Waals surface area contributed by atoms with Gasteiger partial charge in [0.25, 0.3) is 0 Å². The van der Waals surface area contributed by atoms with E-state index in [-0.39, 0.29) is 24.2 Å². The minimum atomic E-state index is -0.124. The zero-order chi connectivity index (χ0) is 10.6. The molecular weight excluding hydrogens is 277 g/mol. The van der Waals surface area contributed by atoms with Crippen molar-refractivity contribution in [1.82, 2.24) is 0 Å². The van der Waals surface area contributed by atoms with E-state index < -0.39 is 0 Å². The maximum Gasteiger partial charge on any atom is 0.121 e. The molecule has 0 aliphatic rings. The Hall–Kier alpha value is -0.510. The second-order valence-electron chi connectivity index (χ2n) is 3.18. The van der Waals surface area contributed by atoms with Crippen molar-refractivity contribution >= 4 is 28.3 Å². The minimum Gasteiger partial charge on any atom is -0.508 e. The molecule has 4 heteroatoms. The average Bonchev–Trinajstić information content (AvgIpc) is 2.14. The summed E-state index contributed by atoms with van der Waals surface area (Å²) in [5.41, 5.74) is 6.70. The first-order valence-electron chi connectivity index (χ1n) is 4.50. The summed E-state index contributed by atoms with van der Waals surface area (Å²) in [6.45, 7) is 3.64. The highest BCUT2D eigenvalue weighted by atomic mass is 79.9. The van der Waals surface area contributed by atoms with E-state index in [1.807, 2.05) is 18.2 Å². The average molecular weight is 293 g/mol. The molecule has 0 spiro atoms. The molecule has 0 aliphatic carbocycles. The summed E-state index contributed by atoms with van der Waals surface area (Å²) in [4.78, 5) is 0. The van der Waals surface area contributed by atoms with Crippen molar-refractivity contribution in [3.63, 3.8) is 0 Å². The van der Waals surface area contributed by atoms with Gasteiger partial charge in [0.15, 0.2) is 0 Å². The van der Waals surface area contributed by atoms with E-state index in [1.165, 1.54) is 0 Å². The highest BCUT2D eigenvalue weighted by Gasteiger charge is 2.09. The predicted octanol–water partition coefficient (Wildman–Crippen LogP) is 3.54. The van der Waals surface area contributed by atoms with Crippen LogP contribution in [0.15, 0.2) is 35.3 Å². The molecule has 3 N–H and O–H groups in total. The molecule has 0 saturated heterocycles. The fourth-order valence-corrected chi connectivity index (χ4v) is 1.63. The molecule has 0 fully saturated rings. The summed E-state index contributed by atoms with van der Waals surface area (Å²) in [7, 11) is 0. The second-order valence-corrected chi connectivity index (χ2v) is 4.09. The Labute approximate surface area is 105 Å². The van der Waals surface area contributed by atoms with E-state index in [9.17, 15) is 5.11 Å². The molecule has 0 aromatic heterocycles. The third-order valence-corrected chi connectivity index (χ3v) is 2.57. The van der Waals surface area contributed by atoms with Gasteiger partial charge in [0.2, 0.25) is 0 Å². The van der Waals surface area contributed by atoms with E-state index in [2.05, 4.69) is 22.5 Å². The van der Waals surface area contributed by atoms with E-state index in [4.69, 9.17) is 5.73 Å². The summed E-state index contributed by atoms with van der Waals surface area (Å²) in [5.74, 6) is 0.246. The van der Waals surface area contributed by atoms with Gasteiger partial charge in [-0.15, -0.1) is 19.0 Å². The molecule has 0 radical (unpaired) electrons. The fraction of sp³-hybridized carbons (Fsp3) is 0.273. The van der Waals surface area contributed by atoms with Gasteiger partial charge in [-0.1, -0.05) is 28.1 Å². The highest BCUT2D eigenvalue weighted by molar-refractivity contribution is 9.10. The van der Waals surface area contributed by atoms with Crippen LogP contribution in [0.25, 0.3) is 0 Å². The van der Waals surface area contributed by atoms with Crippen LogP contribution >= 0.6 is 28.3 Å². The van der Waals surface area contributed by atoms with Crippen LogP contribution < -0.4 is 5.73 Å². The van der Waals surface area contributed by atoms with Crippen molar-refractivity contribution in [1.29, 1.82) is 0 Å². The SMILES string of the molecule is C=CCC[C@@H](N)c1ccc(Br)cc1O.Cl. The highest BCUT2D eigenvalue weighted by Crippen LogP contribution is 2.28. The van der Waals surface area contributed by atoms with Crippen LogP contribution in [0.1, 0.15) is 24.4 Å². The Kier molecular flexibility index (Phi) is 6.65. The predicted molar refractivity (Wildman–Crippen MR) is 69.4 cm³/mol. The van der Waals surface area contributed by atoms with Gasteiger partial charge in [-0.25, -0.2) is 0 Å². The first-order chi connectivity index (χ1) is 6.65. The third-order valence-electron chi connectivity index (χ3n) is 2.07. The molecular formula is C11H15BrClNO. The summed E-state index contributed by atoms with van der Waals surface area (Å²) < 4.78 is 0.856. The van der Waals surface area contributed by atoms with Crippen molar-refractivity contribution in [3.8, 4) is 5.75 Å². The van der Waals surface area contributed by atoms with Crippen LogP contribution in [-0.4, -0.2) is 5.11 Å². The number of aromatic hydroxyl groups is 1. The zero-order valence-electron chi connectivity index (χ0n) is 8.32. The molecule has 15 heavy (non-hydrogen) atoms. The van der Waals surface area contributed by atoms with Gasteiger partial charge in [-0.05, 0) is 25.0 Å². The molecule has 0 unspecified atom stereocenters. The maximum atomic E-state index is 9.63. The summed E-state index contributed by atoms with van der Waals surface area (Å²) in [6.07, 6.45) is 3.49. The Morgan fingerprint density at radius 1 is 1.53 bits per heavy atom. The molecule has 1 aromatic carbocycles. The standard InChI is InChI=1S/C11H14BrNO.ClH/c1-2-3-4-10(13)9-6-5-8(12)7-11(9)14;/h2,5-7,10,14H,1,3-4,13H2;1H/t10-;/m1./s1. The van der Waals surface area contributed by atoms with Gasteiger partial charge in [-0.3, -0.25) is 0 Å². The van der Waals surface area contributed by atoms with Crippen LogP contribution in [-0.2, 0) is 0 Å². The lowest BCUT2D eigenvalue weighted by atomic mass is 10.0. The Morgan fingerprint density at radius 3 is 2.73 bits per heavy atom. The van der Waals surface area contributed by atoms with Crippen LogP contribution in [0.4, 0.5) is 0 Å². The van der Waals surface area contributed by atoms with Crippen molar-refractivity contribution in [2.75, 3.05) is 0 Å². The topological polar surface area (TPSA) is 46.2 Å². The van der Waals surface area contributed by atoms with Crippen molar-refractivity contribution < 1.29 is 5.11 Å². The van der Waals surface area contributed by atoms with Gasteiger partial charge in [0.1, 0.15) is 5.75 Å². The Bertz CT molecular complexity index is 330. The second kappa shape index (κ2) is 6.88. The molecule has 1 atom stereocenters. The minimum absolute atomic E-state index is 0. The summed E-state index contributed by atoms with van der Waals surface area (Å²) in [5, 5.41) is 9.63. The lowest BCUT2D eigenvalue weighted by molar-refractivity contribution is 0.458. The Balaban J connectivity index is 0.00000196. The van der Waals surface area contributed by atoms with E-state index in [0.717, 1.165) is 22.9 Å². The molecule has 0 bridgehead atoms. The molecule has 1 aromatic rings. The lowest BCUT2D eigenvalue weighted by Crippen LogP contribution is -2.09. The number of phenols is 1. The largest absolute Gasteiger partial charge is 0.508 e. The molecule has 0 saturated carbocycles. The first kappa shape index (κ1) is 14.5. The van der Waals surface area contributed by atoms with Crippen LogP contribution in [0.3, 0.4) is 0 Å². The number of rotatable bonds is 4. The van der Waals surface area contributed by atoms with Gasteiger partial charge >= 0.3 is 0 Å². The van der Waals surface area contributed by atoms with Gasteiger partial charge < -0.3 is 10.8 Å². The van der Waals surface area contributed by atoms with Gasteiger partial charge in [0.05, 0.1) is 0 Å². The molecule has 1 rings (SSSR count). The van der Waals surface area contributed by atoms with E-state index in [1.54, 1.807) is 6.07 Å². The number of hydrogen-bond donors (Lipinski definition) is 2. The maximum absolute atomic E-state index is 9.63. The number of halogens is 2. The van der Waals surface area contributed by atoms with Crippen molar-refractivity contribution in [3.05, 3.63) is 40.9 Å². The zero-order valence-corrected chi connectivity index (χ0v) is 10.7. The monoisotopic (exact) mass is 291 g/mol. The molecule has 84 valence electrons. The normalized spacial score (nSPS) is 11.6. The number of nitrogens with two attached hydrogens (primary N) is 1. The quantitative estimate of drug-likeness (QED) is 0.834. The van der Waals surface area contributed by atoms with Crippen molar-refractivity contribution in [2.24, 2.45) is 5.73 Å². The summed E-state index contributed by atoms with van der Waals surface area (Å²) >= 11 is 3.28. The van der Waals surface area contributed by atoms with Crippen LogP contribution in [0, 0.1) is 0 Å². The molecule has 0 heterocycles. The van der Waals surface area contributed by atoms with Crippen molar-refractivity contribution in [2.45, 2.75) is 18.9 Å². The fourth-order valence-electron chi connectivity index (χ4n) is 1.28. The first-order valence-corrected chi connectivity index (χ1v) is 5.29. The lowest BCUT2D eigenvalue weighted by Gasteiger charge is -2.12. The molecule has 0 aliphatic heterocycles. The number of phenolic OH excluding ortho intramolecular Hbond substituents is 1. The van der Waals surface area contributed by atoms with Crippen LogP contribution in [0.5, 0.6) is 5.75 Å². The number of hydrogen-bond acceptors (Lipinski definition) is 2. The van der Waals surface area contributed by atoms with E-state index in [0.29, 0.717) is 0 Å². The van der Waals surface area contributed by atoms with Crippen LogP contribution in [0.2, 0.25) is 0 Å². The molecule has 2 nitrogen and oxygen atoms in total. The smallest absolute Gasteiger partial charge is 0.121 e.